The fraction of sp³-hybridized carbons (Fsp3) is 0.308. The van der Waals surface area contributed by atoms with E-state index in [0.717, 1.165) is 6.07 Å². The molecule has 1 N–H and O–H groups in total. The number of halogens is 2. The lowest BCUT2D eigenvalue weighted by Crippen LogP contribution is -2.41. The molecule has 0 bridgehead atoms. The van der Waals surface area contributed by atoms with E-state index in [0.29, 0.717) is 6.07 Å². The number of nitrogens with zero attached hydrogens (tertiary/aromatic N) is 7. The number of aromatic nitrogens is 7. The SMILES string of the molecule is C[C@H](n1cnnn1)[C@@](O)(Cn1cncn1)c1ccc(F)cc1F. The van der Waals surface area contributed by atoms with Crippen LogP contribution in [-0.2, 0) is 12.1 Å². The van der Waals surface area contributed by atoms with E-state index in [1.165, 1.54) is 34.4 Å². The molecule has 0 spiro atoms. The highest BCUT2D eigenvalue weighted by atomic mass is 19.1. The van der Waals surface area contributed by atoms with Crippen LogP contribution in [0.2, 0.25) is 0 Å². The summed E-state index contributed by atoms with van der Waals surface area (Å²) in [6.45, 7) is 1.51. The second kappa shape index (κ2) is 5.80. The van der Waals surface area contributed by atoms with Crippen molar-refractivity contribution >= 4 is 0 Å². The zero-order valence-electron chi connectivity index (χ0n) is 12.1. The molecule has 0 saturated carbocycles. The lowest BCUT2D eigenvalue weighted by molar-refractivity contribution is -0.0374. The summed E-state index contributed by atoms with van der Waals surface area (Å²) in [6, 6.07) is 2.25. The van der Waals surface area contributed by atoms with Crippen molar-refractivity contribution in [3.8, 4) is 0 Å². The molecule has 3 rings (SSSR count). The van der Waals surface area contributed by atoms with Crippen molar-refractivity contribution in [1.82, 2.24) is 35.0 Å². The Morgan fingerprint density at radius 1 is 1.30 bits per heavy atom. The third-order valence-corrected chi connectivity index (χ3v) is 3.72. The molecule has 0 amide bonds. The van der Waals surface area contributed by atoms with Crippen molar-refractivity contribution in [1.29, 1.82) is 0 Å². The average Bonchev–Trinajstić information content (AvgIpc) is 3.19. The number of aliphatic hydroxyl groups is 1. The fourth-order valence-electron chi connectivity index (χ4n) is 2.41. The monoisotopic (exact) mass is 321 g/mol. The minimum atomic E-state index is -1.78. The molecule has 23 heavy (non-hydrogen) atoms. The van der Waals surface area contributed by atoms with Gasteiger partial charge < -0.3 is 5.11 Å². The van der Waals surface area contributed by atoms with Crippen LogP contribution in [0.25, 0.3) is 0 Å². The normalized spacial score (nSPS) is 15.3. The number of benzene rings is 1. The van der Waals surface area contributed by atoms with Gasteiger partial charge in [-0.1, -0.05) is 6.07 Å². The van der Waals surface area contributed by atoms with Gasteiger partial charge >= 0.3 is 0 Å². The molecule has 2 aromatic heterocycles. The van der Waals surface area contributed by atoms with Crippen LogP contribution in [0.1, 0.15) is 18.5 Å². The third-order valence-electron chi connectivity index (χ3n) is 3.72. The van der Waals surface area contributed by atoms with Gasteiger partial charge in [0.15, 0.2) is 0 Å². The van der Waals surface area contributed by atoms with Crippen molar-refractivity contribution in [2.45, 2.75) is 25.1 Å². The minimum absolute atomic E-state index is 0.0857. The molecule has 0 saturated heterocycles. The van der Waals surface area contributed by atoms with Crippen LogP contribution in [0.4, 0.5) is 8.78 Å². The second-order valence-electron chi connectivity index (χ2n) is 5.11. The van der Waals surface area contributed by atoms with E-state index < -0.39 is 23.3 Å². The van der Waals surface area contributed by atoms with E-state index in [-0.39, 0.29) is 12.1 Å². The van der Waals surface area contributed by atoms with Gasteiger partial charge in [-0.3, -0.25) is 0 Å². The maximum Gasteiger partial charge on any atom is 0.138 e. The number of tetrazole rings is 1. The smallest absolute Gasteiger partial charge is 0.138 e. The van der Waals surface area contributed by atoms with Crippen LogP contribution in [0.15, 0.2) is 37.2 Å². The average molecular weight is 321 g/mol. The molecule has 120 valence electrons. The molecule has 2 heterocycles. The van der Waals surface area contributed by atoms with Crippen LogP contribution in [0.3, 0.4) is 0 Å². The number of hydrogen-bond donors (Lipinski definition) is 1. The largest absolute Gasteiger partial charge is 0.381 e. The topological polar surface area (TPSA) is 94.5 Å². The predicted molar refractivity (Wildman–Crippen MR) is 72.8 cm³/mol. The lowest BCUT2D eigenvalue weighted by atomic mass is 9.86. The van der Waals surface area contributed by atoms with Gasteiger partial charge in [0.2, 0.25) is 0 Å². The van der Waals surface area contributed by atoms with Gasteiger partial charge in [-0.15, -0.1) is 5.10 Å². The minimum Gasteiger partial charge on any atom is -0.381 e. The van der Waals surface area contributed by atoms with E-state index in [1.54, 1.807) is 6.92 Å². The highest BCUT2D eigenvalue weighted by molar-refractivity contribution is 5.26. The molecule has 3 aromatic rings. The van der Waals surface area contributed by atoms with Gasteiger partial charge in [-0.25, -0.2) is 23.1 Å². The summed E-state index contributed by atoms with van der Waals surface area (Å²) in [7, 11) is 0. The first-order chi connectivity index (χ1) is 11.0. The van der Waals surface area contributed by atoms with Gasteiger partial charge in [0.05, 0.1) is 12.6 Å². The highest BCUT2D eigenvalue weighted by Gasteiger charge is 2.41. The van der Waals surface area contributed by atoms with Gasteiger partial charge in [0.1, 0.15) is 36.2 Å². The maximum atomic E-state index is 14.3. The first kappa shape index (κ1) is 15.2. The number of hydrogen-bond acceptors (Lipinski definition) is 6. The van der Waals surface area contributed by atoms with E-state index in [4.69, 9.17) is 0 Å². The van der Waals surface area contributed by atoms with Gasteiger partial charge in [-0.05, 0) is 23.4 Å². The van der Waals surface area contributed by atoms with Crippen molar-refractivity contribution in [3.05, 3.63) is 54.4 Å². The van der Waals surface area contributed by atoms with Crippen molar-refractivity contribution in [2.75, 3.05) is 0 Å². The molecule has 0 aliphatic rings. The van der Waals surface area contributed by atoms with Crippen LogP contribution in [-0.4, -0.2) is 40.1 Å². The first-order valence-corrected chi connectivity index (χ1v) is 6.73. The summed E-state index contributed by atoms with van der Waals surface area (Å²) in [6.07, 6.45) is 3.99. The van der Waals surface area contributed by atoms with Crippen LogP contribution < -0.4 is 0 Å². The van der Waals surface area contributed by atoms with E-state index >= 15 is 0 Å². The Labute approximate surface area is 129 Å². The molecule has 0 aliphatic carbocycles. The third kappa shape index (κ3) is 2.80. The van der Waals surface area contributed by atoms with Crippen LogP contribution in [0.5, 0.6) is 0 Å². The quantitative estimate of drug-likeness (QED) is 0.743. The maximum absolute atomic E-state index is 14.3. The Morgan fingerprint density at radius 3 is 2.74 bits per heavy atom. The second-order valence-corrected chi connectivity index (χ2v) is 5.11. The molecule has 8 nitrogen and oxygen atoms in total. The molecule has 0 radical (unpaired) electrons. The summed E-state index contributed by atoms with van der Waals surface area (Å²) in [4.78, 5) is 3.80. The molecule has 2 atom stereocenters. The molecule has 0 fully saturated rings. The summed E-state index contributed by atoms with van der Waals surface area (Å²) in [5.74, 6) is -1.60. The van der Waals surface area contributed by atoms with Gasteiger partial charge in [0.25, 0.3) is 0 Å². The van der Waals surface area contributed by atoms with Crippen LogP contribution >= 0.6 is 0 Å². The lowest BCUT2D eigenvalue weighted by Gasteiger charge is -2.34. The zero-order valence-corrected chi connectivity index (χ0v) is 12.1. The van der Waals surface area contributed by atoms with E-state index in [1.807, 2.05) is 0 Å². The molecular weight excluding hydrogens is 308 g/mol. The van der Waals surface area contributed by atoms with Crippen molar-refractivity contribution < 1.29 is 13.9 Å². The molecule has 10 heteroatoms. The predicted octanol–water partition coefficient (Wildman–Crippen LogP) is 0.692. The Balaban J connectivity index is 2.08. The Morgan fingerprint density at radius 2 is 2.13 bits per heavy atom. The number of rotatable bonds is 5. The Hall–Kier alpha value is -2.75. The molecule has 0 aliphatic heterocycles. The summed E-state index contributed by atoms with van der Waals surface area (Å²) >= 11 is 0. The fourth-order valence-corrected chi connectivity index (χ4v) is 2.41. The van der Waals surface area contributed by atoms with E-state index in [9.17, 15) is 13.9 Å². The Bertz CT molecular complexity index is 778. The van der Waals surface area contributed by atoms with Gasteiger partial charge in [-0.2, -0.15) is 5.10 Å². The molecule has 1 aromatic carbocycles. The summed E-state index contributed by atoms with van der Waals surface area (Å²) in [5, 5.41) is 25.9. The van der Waals surface area contributed by atoms with E-state index in [2.05, 4.69) is 25.6 Å². The summed E-state index contributed by atoms with van der Waals surface area (Å²) in [5.41, 5.74) is -1.86. The van der Waals surface area contributed by atoms with Crippen molar-refractivity contribution in [3.63, 3.8) is 0 Å². The molecule has 0 unspecified atom stereocenters. The Kier molecular flexibility index (Phi) is 3.82. The van der Waals surface area contributed by atoms with Crippen molar-refractivity contribution in [2.24, 2.45) is 0 Å². The molecular formula is C13H13F2N7O. The van der Waals surface area contributed by atoms with Gasteiger partial charge in [0, 0.05) is 11.6 Å². The highest BCUT2D eigenvalue weighted by Crippen LogP contribution is 2.35. The standard InChI is InChI=1S/C13H13F2N7O/c1-9(22-8-17-19-20-22)13(23,5-21-7-16-6-18-21)11-3-2-10(14)4-12(11)15/h2-4,6-9,23H,5H2,1H3/t9-,13-/m0/s1. The first-order valence-electron chi connectivity index (χ1n) is 6.73. The summed E-state index contributed by atoms with van der Waals surface area (Å²) < 4.78 is 30.1. The van der Waals surface area contributed by atoms with Crippen LogP contribution in [0, 0.1) is 11.6 Å². The zero-order chi connectivity index (χ0) is 16.4.